The second kappa shape index (κ2) is 10.1. The fourth-order valence-corrected chi connectivity index (χ4v) is 5.55. The summed E-state index contributed by atoms with van der Waals surface area (Å²) >= 11 is 6.47. The summed E-state index contributed by atoms with van der Waals surface area (Å²) in [4.78, 5) is 23.8. The van der Waals surface area contributed by atoms with Crippen LogP contribution in [0.2, 0.25) is 5.02 Å². The van der Waals surface area contributed by atoms with Crippen LogP contribution in [0.5, 0.6) is 0 Å². The quantitative estimate of drug-likeness (QED) is 0.492. The number of carbonyl (C=O) groups is 1. The molecule has 1 aliphatic carbocycles. The lowest BCUT2D eigenvalue weighted by Gasteiger charge is -2.29. The summed E-state index contributed by atoms with van der Waals surface area (Å²) in [5.41, 5.74) is 10.9. The molecule has 1 saturated carbocycles. The van der Waals surface area contributed by atoms with E-state index < -0.39 is 5.41 Å². The van der Waals surface area contributed by atoms with E-state index in [2.05, 4.69) is 47.3 Å². The van der Waals surface area contributed by atoms with Crippen molar-refractivity contribution in [1.29, 1.82) is 0 Å². The third-order valence-corrected chi connectivity index (χ3v) is 8.10. The zero-order valence-corrected chi connectivity index (χ0v) is 21.1. The number of aromatic nitrogens is 2. The molecule has 2 N–H and O–H groups in total. The standard InChI is InChI=1S/C29H33ClN4O/c1-34-16-12-22(13-17-34)21-8-6-20(7-9-21)18-27-32-19-25(30)26(33-27)11-10-23-4-2-3-5-24(23)29(14-15-29)28(31)35/h2-9,19,22H,10-18H2,1H3,(H2,31,35). The topological polar surface area (TPSA) is 72.1 Å². The number of amides is 1. The lowest BCUT2D eigenvalue weighted by atomic mass is 9.88. The number of nitrogens with two attached hydrogens (primary N) is 1. The second-order valence-corrected chi connectivity index (χ2v) is 10.6. The van der Waals surface area contributed by atoms with Crippen molar-refractivity contribution < 1.29 is 4.79 Å². The highest BCUT2D eigenvalue weighted by atomic mass is 35.5. The highest BCUT2D eigenvalue weighted by molar-refractivity contribution is 6.31. The van der Waals surface area contributed by atoms with E-state index in [1.807, 2.05) is 18.2 Å². The number of nitrogens with zero attached hydrogens (tertiary/aromatic N) is 3. The fourth-order valence-electron chi connectivity index (χ4n) is 5.37. The first kappa shape index (κ1) is 24.0. The molecule has 182 valence electrons. The third kappa shape index (κ3) is 5.26. The molecule has 1 saturated heterocycles. The van der Waals surface area contributed by atoms with Gasteiger partial charge in [-0.05, 0) is 86.8 Å². The minimum Gasteiger partial charge on any atom is -0.369 e. The zero-order chi connectivity index (χ0) is 24.4. The van der Waals surface area contributed by atoms with Gasteiger partial charge in [0.2, 0.25) is 5.91 Å². The summed E-state index contributed by atoms with van der Waals surface area (Å²) < 4.78 is 0. The average Bonchev–Trinajstić information content (AvgIpc) is 3.68. The number of halogens is 1. The molecule has 0 unspecified atom stereocenters. The smallest absolute Gasteiger partial charge is 0.228 e. The number of aryl methyl sites for hydroxylation is 2. The first-order valence-corrected chi connectivity index (χ1v) is 13.0. The Hall–Kier alpha value is -2.76. The molecule has 0 atom stereocenters. The molecular formula is C29H33ClN4O. The number of benzene rings is 2. The van der Waals surface area contributed by atoms with Gasteiger partial charge in [0.05, 0.1) is 16.1 Å². The number of rotatable bonds is 8. The molecule has 1 aromatic heterocycles. The van der Waals surface area contributed by atoms with Gasteiger partial charge in [0.25, 0.3) is 0 Å². The molecule has 2 heterocycles. The Labute approximate surface area is 212 Å². The van der Waals surface area contributed by atoms with Crippen LogP contribution in [0.15, 0.2) is 54.7 Å². The van der Waals surface area contributed by atoms with Crippen LogP contribution in [0.4, 0.5) is 0 Å². The molecule has 0 radical (unpaired) electrons. The van der Waals surface area contributed by atoms with Gasteiger partial charge in [-0.25, -0.2) is 9.97 Å². The molecule has 1 amide bonds. The molecule has 2 fully saturated rings. The van der Waals surface area contributed by atoms with Crippen LogP contribution in [-0.2, 0) is 29.5 Å². The molecule has 2 aromatic carbocycles. The molecular weight excluding hydrogens is 456 g/mol. The predicted octanol–water partition coefficient (Wildman–Crippen LogP) is 4.83. The molecule has 1 aliphatic heterocycles. The zero-order valence-electron chi connectivity index (χ0n) is 20.3. The van der Waals surface area contributed by atoms with Gasteiger partial charge in [0.15, 0.2) is 0 Å². The van der Waals surface area contributed by atoms with Gasteiger partial charge in [-0.2, -0.15) is 0 Å². The van der Waals surface area contributed by atoms with Gasteiger partial charge in [-0.1, -0.05) is 60.1 Å². The van der Waals surface area contributed by atoms with E-state index in [9.17, 15) is 4.79 Å². The van der Waals surface area contributed by atoms with Crippen LogP contribution in [0.1, 0.15) is 65.4 Å². The monoisotopic (exact) mass is 488 g/mol. The van der Waals surface area contributed by atoms with Gasteiger partial charge in [0.1, 0.15) is 5.82 Å². The molecule has 0 spiro atoms. The van der Waals surface area contributed by atoms with Crippen LogP contribution >= 0.6 is 11.6 Å². The van der Waals surface area contributed by atoms with Crippen molar-refractivity contribution >= 4 is 17.5 Å². The molecule has 5 rings (SSSR count). The lowest BCUT2D eigenvalue weighted by molar-refractivity contribution is -0.120. The minimum atomic E-state index is -0.489. The van der Waals surface area contributed by atoms with Crippen molar-refractivity contribution in [1.82, 2.24) is 14.9 Å². The van der Waals surface area contributed by atoms with Crippen molar-refractivity contribution in [2.24, 2.45) is 5.73 Å². The lowest BCUT2D eigenvalue weighted by Crippen LogP contribution is -2.29. The van der Waals surface area contributed by atoms with Gasteiger partial charge >= 0.3 is 0 Å². The number of hydrogen-bond donors (Lipinski definition) is 1. The number of likely N-dealkylation sites (tertiary alicyclic amines) is 1. The van der Waals surface area contributed by atoms with Crippen molar-refractivity contribution in [3.05, 3.63) is 93.5 Å². The van der Waals surface area contributed by atoms with Crippen LogP contribution in [-0.4, -0.2) is 40.9 Å². The van der Waals surface area contributed by atoms with Crippen molar-refractivity contribution in [2.75, 3.05) is 20.1 Å². The highest BCUT2D eigenvalue weighted by Crippen LogP contribution is 2.49. The Morgan fingerprint density at radius 1 is 1.09 bits per heavy atom. The SMILES string of the molecule is CN1CCC(c2ccc(Cc3ncc(Cl)c(CCc4ccccc4C4(C(N)=O)CC4)n3)cc2)CC1. The average molecular weight is 489 g/mol. The normalized spacial score (nSPS) is 17.9. The highest BCUT2D eigenvalue weighted by Gasteiger charge is 2.50. The molecule has 3 aromatic rings. The molecule has 35 heavy (non-hydrogen) atoms. The third-order valence-electron chi connectivity index (χ3n) is 7.78. The van der Waals surface area contributed by atoms with Gasteiger partial charge in [-0.3, -0.25) is 4.79 Å². The van der Waals surface area contributed by atoms with E-state index in [-0.39, 0.29) is 5.91 Å². The number of carbonyl (C=O) groups excluding carboxylic acids is 1. The second-order valence-electron chi connectivity index (χ2n) is 10.2. The maximum atomic E-state index is 12.1. The Morgan fingerprint density at radius 3 is 2.49 bits per heavy atom. The van der Waals surface area contributed by atoms with Gasteiger partial charge in [0, 0.05) is 12.6 Å². The largest absolute Gasteiger partial charge is 0.369 e. The van der Waals surface area contributed by atoms with Gasteiger partial charge < -0.3 is 10.6 Å². The fraction of sp³-hybridized carbons (Fsp3) is 0.414. The van der Waals surface area contributed by atoms with E-state index in [1.54, 1.807) is 6.20 Å². The molecule has 5 nitrogen and oxygen atoms in total. The van der Waals surface area contributed by atoms with E-state index in [1.165, 1.54) is 37.1 Å². The Bertz CT molecular complexity index is 1200. The first-order chi connectivity index (χ1) is 16.9. The number of primary amides is 1. The van der Waals surface area contributed by atoms with Crippen LogP contribution in [0.25, 0.3) is 0 Å². The Morgan fingerprint density at radius 2 is 1.80 bits per heavy atom. The van der Waals surface area contributed by atoms with Crippen LogP contribution < -0.4 is 5.73 Å². The summed E-state index contributed by atoms with van der Waals surface area (Å²) in [6.07, 6.45) is 7.94. The van der Waals surface area contributed by atoms with E-state index in [4.69, 9.17) is 22.3 Å². The first-order valence-electron chi connectivity index (χ1n) is 12.6. The number of hydrogen-bond acceptors (Lipinski definition) is 4. The minimum absolute atomic E-state index is 0.228. The van der Waals surface area contributed by atoms with Crippen LogP contribution in [0, 0.1) is 0 Å². The molecule has 0 bridgehead atoms. The van der Waals surface area contributed by atoms with E-state index in [0.717, 1.165) is 41.9 Å². The summed E-state index contributed by atoms with van der Waals surface area (Å²) in [6, 6.07) is 17.1. The van der Waals surface area contributed by atoms with Crippen LogP contribution in [0.3, 0.4) is 0 Å². The van der Waals surface area contributed by atoms with Crippen molar-refractivity contribution in [2.45, 2.75) is 56.3 Å². The summed E-state index contributed by atoms with van der Waals surface area (Å²) in [7, 11) is 2.20. The summed E-state index contributed by atoms with van der Waals surface area (Å²) in [6.45, 7) is 2.34. The van der Waals surface area contributed by atoms with Gasteiger partial charge in [-0.15, -0.1) is 0 Å². The Balaban J connectivity index is 1.26. The van der Waals surface area contributed by atoms with E-state index >= 15 is 0 Å². The predicted molar refractivity (Wildman–Crippen MR) is 140 cm³/mol. The molecule has 6 heteroatoms. The Kier molecular flexibility index (Phi) is 6.90. The summed E-state index contributed by atoms with van der Waals surface area (Å²) in [5, 5.41) is 0.583. The van der Waals surface area contributed by atoms with Crippen molar-refractivity contribution in [3.8, 4) is 0 Å². The molecule has 2 aliphatic rings. The van der Waals surface area contributed by atoms with Crippen molar-refractivity contribution in [3.63, 3.8) is 0 Å². The number of piperidine rings is 1. The summed E-state index contributed by atoms with van der Waals surface area (Å²) in [5.74, 6) is 1.21. The maximum absolute atomic E-state index is 12.1. The maximum Gasteiger partial charge on any atom is 0.228 e. The van der Waals surface area contributed by atoms with E-state index in [0.29, 0.717) is 23.8 Å².